The zero-order valence-corrected chi connectivity index (χ0v) is 7.39. The number of rotatable bonds is 3. The maximum atomic E-state index is 8.32. The molecule has 0 radical (unpaired) electrons. The average Bonchev–Trinajstić information content (AvgIpc) is 2.10. The minimum absolute atomic E-state index is 0.0463. The van der Waals surface area contributed by atoms with Gasteiger partial charge in [0, 0.05) is 20.0 Å². The molecule has 0 aliphatic carbocycles. The summed E-state index contributed by atoms with van der Waals surface area (Å²) in [7, 11) is 1.63. The topological polar surface area (TPSA) is 29.5 Å². The van der Waals surface area contributed by atoms with Crippen LogP contribution in [0, 0.1) is 23.7 Å². The number of hydrogen-bond donors (Lipinski definition) is 1. The molecule has 0 aromatic rings. The Balaban J connectivity index is 3.17. The Labute approximate surface area is 73.9 Å². The van der Waals surface area contributed by atoms with E-state index in [4.69, 9.17) is 9.84 Å². The van der Waals surface area contributed by atoms with Crippen molar-refractivity contribution in [1.29, 1.82) is 0 Å². The third kappa shape index (κ3) is 9.04. The van der Waals surface area contributed by atoms with Gasteiger partial charge in [0.1, 0.15) is 13.2 Å². The molecule has 2 nitrogen and oxygen atoms in total. The summed E-state index contributed by atoms with van der Waals surface area (Å²) >= 11 is 0. The van der Waals surface area contributed by atoms with Crippen LogP contribution >= 0.6 is 0 Å². The van der Waals surface area contributed by atoms with Crippen LogP contribution in [0.2, 0.25) is 0 Å². The van der Waals surface area contributed by atoms with Crippen molar-refractivity contribution in [2.75, 3.05) is 20.3 Å². The first-order chi connectivity index (χ1) is 5.91. The van der Waals surface area contributed by atoms with Crippen molar-refractivity contribution < 1.29 is 9.84 Å². The standard InChI is InChI=1S/C10H14O2/c1-12-10-8-6-4-2-3-5-7-9-11/h11H,2-4,9-10H2,1H3. The Hall–Kier alpha value is -0.960. The molecule has 0 fully saturated rings. The van der Waals surface area contributed by atoms with E-state index in [0.29, 0.717) is 6.61 Å². The lowest BCUT2D eigenvalue weighted by atomic mass is 10.2. The maximum absolute atomic E-state index is 8.32. The predicted octanol–water partition coefficient (Wildman–Crippen LogP) is 0.802. The summed E-state index contributed by atoms with van der Waals surface area (Å²) in [5, 5.41) is 8.32. The molecule has 0 saturated carbocycles. The van der Waals surface area contributed by atoms with E-state index in [9.17, 15) is 0 Å². The van der Waals surface area contributed by atoms with Gasteiger partial charge in [-0.1, -0.05) is 11.8 Å². The van der Waals surface area contributed by atoms with Crippen molar-refractivity contribution in [2.24, 2.45) is 0 Å². The van der Waals surface area contributed by atoms with Crippen LogP contribution in [0.25, 0.3) is 0 Å². The molecular weight excluding hydrogens is 152 g/mol. The van der Waals surface area contributed by atoms with E-state index >= 15 is 0 Å². The molecule has 0 heterocycles. The maximum Gasteiger partial charge on any atom is 0.107 e. The fourth-order valence-corrected chi connectivity index (χ4v) is 0.621. The van der Waals surface area contributed by atoms with Gasteiger partial charge in [0.15, 0.2) is 0 Å². The molecule has 12 heavy (non-hydrogen) atoms. The summed E-state index contributed by atoms with van der Waals surface area (Å²) in [5.74, 6) is 11.2. The van der Waals surface area contributed by atoms with Crippen molar-refractivity contribution in [3.05, 3.63) is 0 Å². The molecule has 0 aliphatic heterocycles. The second-order valence-electron chi connectivity index (χ2n) is 2.15. The van der Waals surface area contributed by atoms with Crippen LogP contribution in [0.15, 0.2) is 0 Å². The minimum Gasteiger partial charge on any atom is -0.384 e. The molecule has 0 aliphatic rings. The summed E-state index contributed by atoms with van der Waals surface area (Å²) in [6.45, 7) is 0.456. The quantitative estimate of drug-likeness (QED) is 0.496. The molecule has 0 rings (SSSR count). The highest BCUT2D eigenvalue weighted by Crippen LogP contribution is 1.90. The smallest absolute Gasteiger partial charge is 0.107 e. The number of ether oxygens (including phenoxy) is 1. The highest BCUT2D eigenvalue weighted by molar-refractivity contribution is 5.02. The summed E-state index contributed by atoms with van der Waals surface area (Å²) in [5.41, 5.74) is 0. The third-order valence-corrected chi connectivity index (χ3v) is 1.15. The number of aliphatic hydroxyl groups excluding tert-OH is 1. The molecule has 0 unspecified atom stereocenters. The Morgan fingerprint density at radius 2 is 1.75 bits per heavy atom. The van der Waals surface area contributed by atoms with Crippen molar-refractivity contribution in [2.45, 2.75) is 19.3 Å². The summed E-state index contributed by atoms with van der Waals surface area (Å²) < 4.78 is 4.75. The van der Waals surface area contributed by atoms with E-state index in [2.05, 4.69) is 23.7 Å². The minimum atomic E-state index is -0.0463. The monoisotopic (exact) mass is 166 g/mol. The molecule has 0 aromatic heterocycles. The zero-order chi connectivity index (χ0) is 9.07. The molecule has 66 valence electrons. The highest BCUT2D eigenvalue weighted by atomic mass is 16.5. The van der Waals surface area contributed by atoms with Gasteiger partial charge in [-0.25, -0.2) is 0 Å². The number of unbranched alkanes of at least 4 members (excludes halogenated alkanes) is 2. The van der Waals surface area contributed by atoms with E-state index in [1.54, 1.807) is 7.11 Å². The predicted molar refractivity (Wildman–Crippen MR) is 48.4 cm³/mol. The zero-order valence-electron chi connectivity index (χ0n) is 7.39. The molecule has 1 N–H and O–H groups in total. The van der Waals surface area contributed by atoms with Gasteiger partial charge in [-0.3, -0.25) is 0 Å². The first-order valence-corrected chi connectivity index (χ1v) is 3.93. The van der Waals surface area contributed by atoms with Crippen LogP contribution < -0.4 is 0 Å². The SMILES string of the molecule is COCC#CCCCC#CCO. The van der Waals surface area contributed by atoms with Crippen LogP contribution in [-0.2, 0) is 4.74 Å². The summed E-state index contributed by atoms with van der Waals surface area (Å²) in [6.07, 6.45) is 2.62. The Kier molecular flexibility index (Phi) is 9.24. The first kappa shape index (κ1) is 11.0. The molecule has 0 spiro atoms. The lowest BCUT2D eigenvalue weighted by molar-refractivity contribution is 0.239. The van der Waals surface area contributed by atoms with Gasteiger partial charge in [-0.2, -0.15) is 0 Å². The van der Waals surface area contributed by atoms with Crippen LogP contribution in [0.1, 0.15) is 19.3 Å². The normalized spacial score (nSPS) is 7.83. The van der Waals surface area contributed by atoms with E-state index in [0.717, 1.165) is 19.3 Å². The van der Waals surface area contributed by atoms with E-state index in [1.165, 1.54) is 0 Å². The molecule has 0 saturated heterocycles. The molecular formula is C10H14O2. The molecule has 2 heteroatoms. The second kappa shape index (κ2) is 10.0. The van der Waals surface area contributed by atoms with Gasteiger partial charge in [0.05, 0.1) is 0 Å². The van der Waals surface area contributed by atoms with Crippen LogP contribution in [-0.4, -0.2) is 25.4 Å². The lowest BCUT2D eigenvalue weighted by Gasteiger charge is -1.85. The third-order valence-electron chi connectivity index (χ3n) is 1.15. The highest BCUT2D eigenvalue weighted by Gasteiger charge is 1.78. The van der Waals surface area contributed by atoms with Crippen LogP contribution in [0.5, 0.6) is 0 Å². The van der Waals surface area contributed by atoms with Gasteiger partial charge in [0.2, 0.25) is 0 Å². The summed E-state index contributed by atoms with van der Waals surface area (Å²) in [4.78, 5) is 0. The number of hydrogen-bond acceptors (Lipinski definition) is 2. The van der Waals surface area contributed by atoms with E-state index < -0.39 is 0 Å². The van der Waals surface area contributed by atoms with Crippen LogP contribution in [0.4, 0.5) is 0 Å². The first-order valence-electron chi connectivity index (χ1n) is 3.93. The molecule has 0 amide bonds. The molecule has 0 aromatic carbocycles. The Morgan fingerprint density at radius 3 is 2.33 bits per heavy atom. The molecule has 0 atom stereocenters. The largest absolute Gasteiger partial charge is 0.384 e. The second-order valence-corrected chi connectivity index (χ2v) is 2.15. The van der Waals surface area contributed by atoms with Gasteiger partial charge in [-0.05, 0) is 6.42 Å². The van der Waals surface area contributed by atoms with Gasteiger partial charge >= 0.3 is 0 Å². The average molecular weight is 166 g/mol. The Bertz CT molecular complexity index is 199. The van der Waals surface area contributed by atoms with E-state index in [-0.39, 0.29) is 6.61 Å². The summed E-state index contributed by atoms with van der Waals surface area (Å²) in [6, 6.07) is 0. The number of methoxy groups -OCH3 is 1. The Morgan fingerprint density at radius 1 is 1.08 bits per heavy atom. The van der Waals surface area contributed by atoms with Crippen molar-refractivity contribution in [3.63, 3.8) is 0 Å². The van der Waals surface area contributed by atoms with E-state index in [1.807, 2.05) is 0 Å². The van der Waals surface area contributed by atoms with Crippen molar-refractivity contribution >= 4 is 0 Å². The van der Waals surface area contributed by atoms with Crippen molar-refractivity contribution in [3.8, 4) is 23.7 Å². The van der Waals surface area contributed by atoms with Crippen molar-refractivity contribution in [1.82, 2.24) is 0 Å². The molecule has 0 bridgehead atoms. The lowest BCUT2D eigenvalue weighted by Crippen LogP contribution is -1.80. The fraction of sp³-hybridized carbons (Fsp3) is 0.600. The van der Waals surface area contributed by atoms with Gasteiger partial charge < -0.3 is 9.84 Å². The van der Waals surface area contributed by atoms with Crippen LogP contribution in [0.3, 0.4) is 0 Å². The fourth-order valence-electron chi connectivity index (χ4n) is 0.621. The van der Waals surface area contributed by atoms with Gasteiger partial charge in [0.25, 0.3) is 0 Å². The number of aliphatic hydroxyl groups is 1. The van der Waals surface area contributed by atoms with Gasteiger partial charge in [-0.15, -0.1) is 11.8 Å².